The van der Waals surface area contributed by atoms with Crippen LogP contribution in [0.2, 0.25) is 0 Å². The molecule has 3 aromatic carbocycles. The maximum Gasteiger partial charge on any atom is 0.269 e. The van der Waals surface area contributed by atoms with Gasteiger partial charge in [-0.15, -0.1) is 0 Å². The Hall–Kier alpha value is -4.00. The molecule has 0 aliphatic carbocycles. The van der Waals surface area contributed by atoms with Crippen molar-refractivity contribution in [2.45, 2.75) is 6.42 Å². The molecule has 0 saturated carbocycles. The third-order valence-corrected chi connectivity index (χ3v) is 4.73. The molecule has 0 fully saturated rings. The highest BCUT2D eigenvalue weighted by atomic mass is 16.6. The van der Waals surface area contributed by atoms with Gasteiger partial charge >= 0.3 is 0 Å². The molecule has 0 amide bonds. The van der Waals surface area contributed by atoms with Crippen LogP contribution in [0.3, 0.4) is 0 Å². The van der Waals surface area contributed by atoms with Crippen molar-refractivity contribution < 1.29 is 15.1 Å². The van der Waals surface area contributed by atoms with Crippen LogP contribution in [0.1, 0.15) is 16.7 Å². The molecule has 0 spiro atoms. The Labute approximate surface area is 180 Å². The first-order valence-electron chi connectivity index (χ1n) is 9.82. The Kier molecular flexibility index (Phi) is 7.48. The summed E-state index contributed by atoms with van der Waals surface area (Å²) in [6, 6.07) is 20.4. The Morgan fingerprint density at radius 3 is 1.74 bits per heavy atom. The lowest BCUT2D eigenvalue weighted by Crippen LogP contribution is -2.13. The van der Waals surface area contributed by atoms with Gasteiger partial charge in [0.05, 0.1) is 4.92 Å². The second-order valence-corrected chi connectivity index (χ2v) is 7.10. The van der Waals surface area contributed by atoms with Gasteiger partial charge in [0.1, 0.15) is 11.5 Å². The normalized spacial score (nSPS) is 12.4. The van der Waals surface area contributed by atoms with Crippen LogP contribution >= 0.6 is 0 Å². The predicted octanol–water partition coefficient (Wildman–Crippen LogP) is 4.40. The van der Waals surface area contributed by atoms with Crippen molar-refractivity contribution in [1.82, 2.24) is 0 Å². The minimum atomic E-state index is -0.422. The van der Waals surface area contributed by atoms with Gasteiger partial charge in [-0.2, -0.15) is 0 Å². The first kappa shape index (κ1) is 21.7. The molecular weight excluding hydrogens is 394 g/mol. The Bertz CT molecular complexity index is 1020. The number of non-ortho nitro benzene ring substituents is 1. The van der Waals surface area contributed by atoms with Gasteiger partial charge in [0.25, 0.3) is 5.69 Å². The molecule has 0 aliphatic heterocycles. The van der Waals surface area contributed by atoms with E-state index in [1.165, 1.54) is 12.1 Å². The van der Waals surface area contributed by atoms with Crippen molar-refractivity contribution in [3.8, 4) is 11.5 Å². The molecule has 0 bridgehead atoms. The van der Waals surface area contributed by atoms with E-state index in [1.807, 2.05) is 12.1 Å². The van der Waals surface area contributed by atoms with E-state index in [4.69, 9.17) is 0 Å². The largest absolute Gasteiger partial charge is 0.507 e. The molecule has 158 valence electrons. The number of benzene rings is 3. The minimum absolute atomic E-state index is 0.0330. The first-order chi connectivity index (χ1) is 15.0. The van der Waals surface area contributed by atoms with Crippen LogP contribution in [0.5, 0.6) is 11.5 Å². The summed E-state index contributed by atoms with van der Waals surface area (Å²) >= 11 is 0. The van der Waals surface area contributed by atoms with E-state index in [0.717, 1.165) is 5.56 Å². The fourth-order valence-electron chi connectivity index (χ4n) is 3.07. The molecule has 2 N–H and O–H groups in total. The first-order valence-corrected chi connectivity index (χ1v) is 9.82. The third-order valence-electron chi connectivity index (χ3n) is 4.73. The van der Waals surface area contributed by atoms with Gasteiger partial charge in [-0.1, -0.05) is 36.4 Å². The second kappa shape index (κ2) is 10.7. The average molecular weight is 417 g/mol. The molecule has 3 rings (SSSR count). The van der Waals surface area contributed by atoms with Crippen molar-refractivity contribution in [3.05, 3.63) is 99.6 Å². The van der Waals surface area contributed by atoms with Gasteiger partial charge in [-0.3, -0.25) is 20.1 Å². The number of aliphatic imine (C=N–C) groups is 2. The van der Waals surface area contributed by atoms with Crippen LogP contribution in [-0.4, -0.2) is 40.7 Å². The highest BCUT2D eigenvalue weighted by Crippen LogP contribution is 2.18. The number of hydrogen-bond donors (Lipinski definition) is 2. The van der Waals surface area contributed by atoms with E-state index in [0.29, 0.717) is 30.6 Å². The topological polar surface area (TPSA) is 108 Å². The van der Waals surface area contributed by atoms with Crippen LogP contribution in [0.25, 0.3) is 0 Å². The second-order valence-electron chi connectivity index (χ2n) is 7.10. The zero-order valence-corrected chi connectivity index (χ0v) is 16.8. The summed E-state index contributed by atoms with van der Waals surface area (Å²) in [5.74, 6) is 0.358. The molecule has 0 saturated heterocycles. The van der Waals surface area contributed by atoms with Gasteiger partial charge in [0, 0.05) is 54.7 Å². The Morgan fingerprint density at radius 1 is 0.806 bits per heavy atom. The summed E-state index contributed by atoms with van der Waals surface area (Å²) in [4.78, 5) is 19.4. The lowest BCUT2D eigenvalue weighted by molar-refractivity contribution is -0.384. The number of nitrogens with zero attached hydrogens (tertiary/aromatic N) is 3. The number of phenolic OH excluding ortho intramolecular Hbond substituents is 2. The van der Waals surface area contributed by atoms with E-state index < -0.39 is 4.92 Å². The number of phenols is 2. The summed E-state index contributed by atoms with van der Waals surface area (Å²) in [6.45, 7) is 0.923. The monoisotopic (exact) mass is 417 g/mol. The summed E-state index contributed by atoms with van der Waals surface area (Å²) in [6.07, 6.45) is 3.89. The van der Waals surface area contributed by atoms with E-state index in [2.05, 4.69) is 9.98 Å². The SMILES string of the molecule is O=[N+]([O-])c1ccc(CC(CN=Cc2ccccc2O)CN=Cc2ccccc2O)cc1. The maximum absolute atomic E-state index is 10.9. The zero-order valence-electron chi connectivity index (χ0n) is 16.8. The molecule has 0 heterocycles. The van der Waals surface area contributed by atoms with Gasteiger partial charge in [-0.25, -0.2) is 0 Å². The van der Waals surface area contributed by atoms with Crippen molar-refractivity contribution in [2.24, 2.45) is 15.9 Å². The number of para-hydroxylation sites is 2. The molecule has 0 unspecified atom stereocenters. The van der Waals surface area contributed by atoms with E-state index in [-0.39, 0.29) is 23.1 Å². The Balaban J connectivity index is 1.71. The lowest BCUT2D eigenvalue weighted by atomic mass is 9.99. The smallest absolute Gasteiger partial charge is 0.269 e. The molecule has 0 aliphatic rings. The lowest BCUT2D eigenvalue weighted by Gasteiger charge is -2.12. The zero-order chi connectivity index (χ0) is 22.1. The predicted molar refractivity (Wildman–Crippen MR) is 121 cm³/mol. The van der Waals surface area contributed by atoms with Gasteiger partial charge in [0.2, 0.25) is 0 Å². The van der Waals surface area contributed by atoms with Crippen molar-refractivity contribution in [3.63, 3.8) is 0 Å². The van der Waals surface area contributed by atoms with Crippen molar-refractivity contribution in [1.29, 1.82) is 0 Å². The quantitative estimate of drug-likeness (QED) is 0.305. The van der Waals surface area contributed by atoms with Gasteiger partial charge < -0.3 is 10.2 Å². The summed E-state index contributed by atoms with van der Waals surface area (Å²) in [5, 5.41) is 30.6. The number of hydrogen-bond acceptors (Lipinski definition) is 6. The summed E-state index contributed by atoms with van der Waals surface area (Å²) in [7, 11) is 0. The highest BCUT2D eigenvalue weighted by molar-refractivity contribution is 5.83. The summed E-state index contributed by atoms with van der Waals surface area (Å²) in [5.41, 5.74) is 2.27. The minimum Gasteiger partial charge on any atom is -0.507 e. The molecule has 7 nitrogen and oxygen atoms in total. The van der Waals surface area contributed by atoms with Crippen molar-refractivity contribution >= 4 is 18.1 Å². The van der Waals surface area contributed by atoms with Crippen LogP contribution in [-0.2, 0) is 6.42 Å². The van der Waals surface area contributed by atoms with Crippen LogP contribution in [0.15, 0.2) is 82.8 Å². The van der Waals surface area contributed by atoms with Gasteiger partial charge in [0.15, 0.2) is 0 Å². The molecule has 3 aromatic rings. The van der Waals surface area contributed by atoms with E-state index in [9.17, 15) is 20.3 Å². The number of rotatable bonds is 9. The van der Waals surface area contributed by atoms with Gasteiger partial charge in [-0.05, 0) is 36.2 Å². The molecule has 31 heavy (non-hydrogen) atoms. The third kappa shape index (κ3) is 6.50. The fraction of sp³-hybridized carbons (Fsp3) is 0.167. The molecule has 0 atom stereocenters. The van der Waals surface area contributed by atoms with Crippen LogP contribution in [0.4, 0.5) is 5.69 Å². The van der Waals surface area contributed by atoms with E-state index in [1.54, 1.807) is 61.0 Å². The van der Waals surface area contributed by atoms with E-state index >= 15 is 0 Å². The number of nitro benzene ring substituents is 1. The molecule has 0 aromatic heterocycles. The number of nitro groups is 1. The van der Waals surface area contributed by atoms with Crippen LogP contribution in [0, 0.1) is 16.0 Å². The molecular formula is C24H23N3O4. The highest BCUT2D eigenvalue weighted by Gasteiger charge is 2.11. The average Bonchev–Trinajstić information content (AvgIpc) is 2.76. The van der Waals surface area contributed by atoms with Crippen molar-refractivity contribution in [2.75, 3.05) is 13.1 Å². The molecule has 7 heteroatoms. The fourth-order valence-corrected chi connectivity index (χ4v) is 3.07. The van der Waals surface area contributed by atoms with Crippen LogP contribution < -0.4 is 0 Å². The maximum atomic E-state index is 10.9. The number of aromatic hydroxyl groups is 2. The molecule has 0 radical (unpaired) electrons. The standard InChI is InChI=1S/C24H23N3O4/c28-23-7-3-1-5-20(23)16-25-14-19(13-18-9-11-22(12-10-18)27(30)31)15-26-17-21-6-2-4-8-24(21)29/h1-12,16-17,19,28-29H,13-15H2. The Morgan fingerprint density at radius 2 is 1.29 bits per heavy atom. The summed E-state index contributed by atoms with van der Waals surface area (Å²) < 4.78 is 0.